The minimum absolute atomic E-state index is 0.0182. The van der Waals surface area contributed by atoms with Gasteiger partial charge in [0.15, 0.2) is 5.96 Å². The van der Waals surface area contributed by atoms with Crippen LogP contribution in [-0.2, 0) is 0 Å². The van der Waals surface area contributed by atoms with Gasteiger partial charge in [-0.25, -0.2) is 4.99 Å². The number of benzene rings is 3. The minimum atomic E-state index is -0.0797. The molecule has 2 atom stereocenters. The summed E-state index contributed by atoms with van der Waals surface area (Å²) in [7, 11) is 4.05. The Morgan fingerprint density at radius 2 is 1.52 bits per heavy atom. The summed E-state index contributed by atoms with van der Waals surface area (Å²) in [6, 6.07) is 20.7. The van der Waals surface area contributed by atoms with Gasteiger partial charge in [0.05, 0.1) is 6.04 Å². The van der Waals surface area contributed by atoms with Crippen molar-refractivity contribution in [2.45, 2.75) is 19.1 Å². The molecular weight excluding hydrogens is 410 g/mol. The van der Waals surface area contributed by atoms with Gasteiger partial charge < -0.3 is 32.3 Å². The number of likely N-dealkylation sites (N-methyl/N-ethyl adjacent to an activating group) is 1. The SMILES string of the molecule is CC1=CC(Nc2ccc3c(c2)C(c2ccc(N)cc2)N(C)c2cc(N)ccc2-3)N(C)C(N)=N1. The van der Waals surface area contributed by atoms with Crippen LogP contribution in [-0.4, -0.2) is 31.1 Å². The van der Waals surface area contributed by atoms with Crippen molar-refractivity contribution < 1.29 is 0 Å². The van der Waals surface area contributed by atoms with Crippen molar-refractivity contribution in [1.82, 2.24) is 4.90 Å². The molecule has 2 aliphatic heterocycles. The van der Waals surface area contributed by atoms with E-state index in [2.05, 4.69) is 64.7 Å². The molecule has 2 unspecified atom stereocenters. The molecule has 0 aromatic heterocycles. The fourth-order valence-electron chi connectivity index (χ4n) is 4.71. The Labute approximate surface area is 194 Å². The predicted molar refractivity (Wildman–Crippen MR) is 138 cm³/mol. The van der Waals surface area contributed by atoms with E-state index in [-0.39, 0.29) is 12.2 Å². The van der Waals surface area contributed by atoms with E-state index in [9.17, 15) is 0 Å². The van der Waals surface area contributed by atoms with Crippen molar-refractivity contribution in [3.8, 4) is 11.1 Å². The molecule has 2 aliphatic rings. The zero-order valence-corrected chi connectivity index (χ0v) is 19.1. The Morgan fingerprint density at radius 3 is 2.27 bits per heavy atom. The molecule has 168 valence electrons. The minimum Gasteiger partial charge on any atom is -0.399 e. The molecule has 0 spiro atoms. The number of nitrogens with one attached hydrogen (secondary N) is 1. The zero-order valence-electron chi connectivity index (χ0n) is 19.1. The molecule has 0 saturated carbocycles. The van der Waals surface area contributed by atoms with E-state index in [0.717, 1.165) is 28.4 Å². The molecule has 0 fully saturated rings. The first kappa shape index (κ1) is 20.8. The molecular formula is C26H29N7. The van der Waals surface area contributed by atoms with Gasteiger partial charge in [0.25, 0.3) is 0 Å². The summed E-state index contributed by atoms with van der Waals surface area (Å²) in [4.78, 5) is 8.55. The van der Waals surface area contributed by atoms with E-state index in [0.29, 0.717) is 5.96 Å². The first-order valence-electron chi connectivity index (χ1n) is 11.0. The van der Waals surface area contributed by atoms with Crippen LogP contribution in [0.25, 0.3) is 11.1 Å². The summed E-state index contributed by atoms with van der Waals surface area (Å²) in [5.74, 6) is 0.497. The number of guanidine groups is 1. The smallest absolute Gasteiger partial charge is 0.197 e. The van der Waals surface area contributed by atoms with Gasteiger partial charge in [0.1, 0.15) is 6.17 Å². The highest BCUT2D eigenvalue weighted by atomic mass is 15.3. The van der Waals surface area contributed by atoms with Crippen LogP contribution in [0.1, 0.15) is 24.1 Å². The normalized spacial score (nSPS) is 19.4. The number of nitrogen functional groups attached to an aromatic ring is 2. The summed E-state index contributed by atoms with van der Waals surface area (Å²) in [6.45, 7) is 1.95. The van der Waals surface area contributed by atoms with E-state index in [1.165, 1.54) is 22.3 Å². The van der Waals surface area contributed by atoms with E-state index < -0.39 is 0 Å². The van der Waals surface area contributed by atoms with Gasteiger partial charge in [-0.05, 0) is 66.1 Å². The lowest BCUT2D eigenvalue weighted by Gasteiger charge is -2.39. The summed E-state index contributed by atoms with van der Waals surface area (Å²) in [5, 5.41) is 3.60. The van der Waals surface area contributed by atoms with Crippen LogP contribution < -0.4 is 27.4 Å². The average molecular weight is 440 g/mol. The number of hydrogen-bond donors (Lipinski definition) is 4. The van der Waals surface area contributed by atoms with Crippen LogP contribution in [0.4, 0.5) is 22.7 Å². The van der Waals surface area contributed by atoms with Crippen LogP contribution in [0.15, 0.2) is 77.4 Å². The van der Waals surface area contributed by atoms with E-state index in [1.807, 2.05) is 43.1 Å². The maximum Gasteiger partial charge on any atom is 0.197 e. The number of nitrogens with two attached hydrogens (primary N) is 3. The Kier molecular flexibility index (Phi) is 4.89. The quantitative estimate of drug-likeness (QED) is 0.460. The fraction of sp³-hybridized carbons (Fsp3) is 0.192. The van der Waals surface area contributed by atoms with Crippen molar-refractivity contribution >= 4 is 28.7 Å². The van der Waals surface area contributed by atoms with Crippen molar-refractivity contribution in [2.75, 3.05) is 35.8 Å². The predicted octanol–water partition coefficient (Wildman–Crippen LogP) is 3.96. The molecule has 0 saturated heterocycles. The third-order valence-corrected chi connectivity index (χ3v) is 6.46. The Balaban J connectivity index is 1.61. The highest BCUT2D eigenvalue weighted by Gasteiger charge is 2.31. The van der Waals surface area contributed by atoms with E-state index in [4.69, 9.17) is 17.2 Å². The fourth-order valence-corrected chi connectivity index (χ4v) is 4.71. The highest BCUT2D eigenvalue weighted by molar-refractivity contribution is 5.88. The van der Waals surface area contributed by atoms with Gasteiger partial charge in [0, 0.05) is 48.1 Å². The molecule has 7 heteroatoms. The second kappa shape index (κ2) is 7.78. The number of nitrogens with zero attached hydrogens (tertiary/aromatic N) is 3. The maximum absolute atomic E-state index is 6.15. The number of anilines is 4. The van der Waals surface area contributed by atoms with Crippen molar-refractivity contribution in [2.24, 2.45) is 10.7 Å². The molecule has 3 aromatic carbocycles. The van der Waals surface area contributed by atoms with Gasteiger partial charge in [-0.1, -0.05) is 24.3 Å². The van der Waals surface area contributed by atoms with Crippen LogP contribution in [0, 0.1) is 0 Å². The van der Waals surface area contributed by atoms with Gasteiger partial charge in [-0.15, -0.1) is 0 Å². The molecule has 7 N–H and O–H groups in total. The molecule has 0 aliphatic carbocycles. The zero-order chi connectivity index (χ0) is 23.3. The average Bonchev–Trinajstić information content (AvgIpc) is 2.78. The van der Waals surface area contributed by atoms with E-state index in [1.54, 1.807) is 0 Å². The second-order valence-corrected chi connectivity index (χ2v) is 8.74. The van der Waals surface area contributed by atoms with Gasteiger partial charge in [0.2, 0.25) is 0 Å². The van der Waals surface area contributed by atoms with Gasteiger partial charge >= 0.3 is 0 Å². The molecule has 3 aromatic rings. The third kappa shape index (κ3) is 3.61. The van der Waals surface area contributed by atoms with Crippen molar-refractivity contribution in [1.29, 1.82) is 0 Å². The lowest BCUT2D eigenvalue weighted by Crippen LogP contribution is -2.46. The Hall–Kier alpha value is -4.13. The van der Waals surface area contributed by atoms with E-state index >= 15 is 0 Å². The molecule has 2 heterocycles. The standard InChI is InChI=1S/C26H29N7/c1-15-12-24(33(3)26(29)30-15)31-19-9-11-20-21-10-8-18(28)13-23(21)32(2)25(22(20)14-19)16-4-6-17(27)7-5-16/h4-14,24-25,31H,27-28H2,1-3H3,(H2,29,30). The summed E-state index contributed by atoms with van der Waals surface area (Å²) >= 11 is 0. The molecule has 33 heavy (non-hydrogen) atoms. The van der Waals surface area contributed by atoms with Crippen LogP contribution in [0.3, 0.4) is 0 Å². The molecule has 5 rings (SSSR count). The van der Waals surface area contributed by atoms with Gasteiger partial charge in [-0.3, -0.25) is 0 Å². The Bertz CT molecular complexity index is 1280. The number of rotatable bonds is 3. The van der Waals surface area contributed by atoms with Crippen LogP contribution in [0.2, 0.25) is 0 Å². The van der Waals surface area contributed by atoms with Crippen molar-refractivity contribution in [3.63, 3.8) is 0 Å². The first-order chi connectivity index (χ1) is 15.8. The van der Waals surface area contributed by atoms with Gasteiger partial charge in [-0.2, -0.15) is 0 Å². The topological polar surface area (TPSA) is 109 Å². The molecule has 7 nitrogen and oxygen atoms in total. The third-order valence-electron chi connectivity index (χ3n) is 6.46. The van der Waals surface area contributed by atoms with Crippen LogP contribution >= 0.6 is 0 Å². The number of aliphatic imine (C=N–C) groups is 1. The number of hydrogen-bond acceptors (Lipinski definition) is 7. The monoisotopic (exact) mass is 439 g/mol. The number of fused-ring (bicyclic) bond motifs is 3. The summed E-state index contributed by atoms with van der Waals surface area (Å²) in [6.07, 6.45) is 1.99. The number of allylic oxidation sites excluding steroid dienone is 1. The lowest BCUT2D eigenvalue weighted by molar-refractivity contribution is 0.446. The molecule has 0 amide bonds. The largest absolute Gasteiger partial charge is 0.399 e. The lowest BCUT2D eigenvalue weighted by atomic mass is 9.84. The summed E-state index contributed by atoms with van der Waals surface area (Å²) in [5.41, 5.74) is 27.5. The van der Waals surface area contributed by atoms with Crippen LogP contribution in [0.5, 0.6) is 0 Å². The molecule has 0 radical (unpaired) electrons. The maximum atomic E-state index is 6.15. The Morgan fingerprint density at radius 1 is 0.818 bits per heavy atom. The molecule has 0 bridgehead atoms. The first-order valence-corrected chi connectivity index (χ1v) is 11.0. The van der Waals surface area contributed by atoms with Crippen molar-refractivity contribution in [3.05, 3.63) is 83.6 Å². The summed E-state index contributed by atoms with van der Waals surface area (Å²) < 4.78 is 0. The highest BCUT2D eigenvalue weighted by Crippen LogP contribution is 2.47. The second-order valence-electron chi connectivity index (χ2n) is 8.74.